The number of fused-ring (bicyclic) bond motifs is 1. The van der Waals surface area contributed by atoms with Gasteiger partial charge in [0.25, 0.3) is 0 Å². The molecule has 20 heavy (non-hydrogen) atoms. The predicted molar refractivity (Wildman–Crippen MR) is 81.4 cm³/mol. The van der Waals surface area contributed by atoms with Crippen LogP contribution in [0.1, 0.15) is 29.2 Å². The largest absolute Gasteiger partial charge is 0.387 e. The van der Waals surface area contributed by atoms with Gasteiger partial charge >= 0.3 is 0 Å². The van der Waals surface area contributed by atoms with Crippen molar-refractivity contribution in [3.05, 3.63) is 71.3 Å². The Morgan fingerprint density at radius 3 is 2.55 bits per heavy atom. The van der Waals surface area contributed by atoms with E-state index in [1.54, 1.807) is 0 Å². The first-order chi connectivity index (χ1) is 9.75. The van der Waals surface area contributed by atoms with E-state index in [0.717, 1.165) is 24.9 Å². The van der Waals surface area contributed by atoms with E-state index in [2.05, 4.69) is 54.4 Å². The Kier molecular flexibility index (Phi) is 3.86. The maximum absolute atomic E-state index is 10.6. The molecule has 2 heteroatoms. The Hall–Kier alpha value is -1.64. The van der Waals surface area contributed by atoms with Crippen molar-refractivity contribution in [2.45, 2.75) is 31.5 Å². The first-order valence-electron chi connectivity index (χ1n) is 7.26. The first-order valence-corrected chi connectivity index (χ1v) is 7.26. The SMILES string of the molecule is CN(Cc1ccccc1)[C@H]1CCc2ccccc2[C@@H]1O. The summed E-state index contributed by atoms with van der Waals surface area (Å²) in [4.78, 5) is 2.27. The number of aliphatic hydroxyl groups excluding tert-OH is 1. The molecule has 2 aromatic rings. The van der Waals surface area contributed by atoms with Crippen LogP contribution in [0.3, 0.4) is 0 Å². The summed E-state index contributed by atoms with van der Waals surface area (Å²) in [5.41, 5.74) is 3.69. The summed E-state index contributed by atoms with van der Waals surface area (Å²) in [5.74, 6) is 0. The van der Waals surface area contributed by atoms with Crippen molar-refractivity contribution < 1.29 is 5.11 Å². The summed E-state index contributed by atoms with van der Waals surface area (Å²) >= 11 is 0. The maximum atomic E-state index is 10.6. The van der Waals surface area contributed by atoms with Gasteiger partial charge in [-0.25, -0.2) is 0 Å². The average Bonchev–Trinajstić information content (AvgIpc) is 2.49. The van der Waals surface area contributed by atoms with Gasteiger partial charge in [-0.3, -0.25) is 4.90 Å². The van der Waals surface area contributed by atoms with Crippen LogP contribution in [0.4, 0.5) is 0 Å². The van der Waals surface area contributed by atoms with Crippen LogP contribution in [0.15, 0.2) is 54.6 Å². The molecule has 0 aliphatic heterocycles. The molecule has 0 saturated carbocycles. The minimum atomic E-state index is -0.381. The van der Waals surface area contributed by atoms with Gasteiger partial charge in [0.2, 0.25) is 0 Å². The number of hydrogen-bond acceptors (Lipinski definition) is 2. The van der Waals surface area contributed by atoms with Crippen molar-refractivity contribution in [3.8, 4) is 0 Å². The molecule has 0 radical (unpaired) electrons. The van der Waals surface area contributed by atoms with Crippen molar-refractivity contribution in [2.24, 2.45) is 0 Å². The lowest BCUT2D eigenvalue weighted by Gasteiger charge is -2.36. The average molecular weight is 267 g/mol. The topological polar surface area (TPSA) is 23.5 Å². The van der Waals surface area contributed by atoms with Crippen LogP contribution in [0.2, 0.25) is 0 Å². The minimum absolute atomic E-state index is 0.199. The van der Waals surface area contributed by atoms with Gasteiger partial charge in [-0.2, -0.15) is 0 Å². The molecule has 104 valence electrons. The van der Waals surface area contributed by atoms with Crippen LogP contribution in [0, 0.1) is 0 Å². The molecule has 2 nitrogen and oxygen atoms in total. The lowest BCUT2D eigenvalue weighted by Crippen LogP contribution is -2.39. The van der Waals surface area contributed by atoms with E-state index in [0.29, 0.717) is 0 Å². The smallest absolute Gasteiger partial charge is 0.0947 e. The summed E-state index contributed by atoms with van der Waals surface area (Å²) in [6, 6.07) is 18.9. The molecule has 0 spiro atoms. The molecule has 1 aliphatic rings. The van der Waals surface area contributed by atoms with Crippen LogP contribution < -0.4 is 0 Å². The Morgan fingerprint density at radius 2 is 1.75 bits per heavy atom. The zero-order chi connectivity index (χ0) is 13.9. The van der Waals surface area contributed by atoms with Crippen molar-refractivity contribution in [1.29, 1.82) is 0 Å². The molecular formula is C18H21NO. The molecule has 1 aliphatic carbocycles. The summed E-state index contributed by atoms with van der Waals surface area (Å²) in [5, 5.41) is 10.6. The number of aryl methyl sites for hydroxylation is 1. The van der Waals surface area contributed by atoms with Crippen molar-refractivity contribution in [3.63, 3.8) is 0 Å². The highest BCUT2D eigenvalue weighted by Crippen LogP contribution is 2.32. The van der Waals surface area contributed by atoms with E-state index >= 15 is 0 Å². The first kappa shape index (κ1) is 13.3. The molecule has 0 unspecified atom stereocenters. The third-order valence-corrected chi connectivity index (χ3v) is 4.29. The highest BCUT2D eigenvalue weighted by Gasteiger charge is 2.30. The summed E-state index contributed by atoms with van der Waals surface area (Å²) < 4.78 is 0. The van der Waals surface area contributed by atoms with Gasteiger partial charge in [0, 0.05) is 12.6 Å². The molecular weight excluding hydrogens is 246 g/mol. The standard InChI is InChI=1S/C18H21NO/c1-19(13-14-7-3-2-4-8-14)17-12-11-15-9-5-6-10-16(15)18(17)20/h2-10,17-18,20H,11-13H2,1H3/t17-,18-/m0/s1. The molecule has 0 aromatic heterocycles. The van der Waals surface area contributed by atoms with E-state index in [4.69, 9.17) is 0 Å². The molecule has 2 atom stereocenters. The highest BCUT2D eigenvalue weighted by molar-refractivity contribution is 5.32. The van der Waals surface area contributed by atoms with E-state index < -0.39 is 0 Å². The molecule has 0 heterocycles. The lowest BCUT2D eigenvalue weighted by molar-refractivity contribution is 0.0462. The summed E-state index contributed by atoms with van der Waals surface area (Å²) in [6.45, 7) is 0.880. The van der Waals surface area contributed by atoms with Crippen LogP contribution in [0.25, 0.3) is 0 Å². The van der Waals surface area contributed by atoms with E-state index in [-0.39, 0.29) is 12.1 Å². The summed E-state index contributed by atoms with van der Waals surface area (Å²) in [6.07, 6.45) is 1.69. The van der Waals surface area contributed by atoms with Crippen LogP contribution in [-0.4, -0.2) is 23.1 Å². The van der Waals surface area contributed by atoms with Gasteiger partial charge in [0.15, 0.2) is 0 Å². The summed E-state index contributed by atoms with van der Waals surface area (Å²) in [7, 11) is 2.11. The second-order valence-electron chi connectivity index (χ2n) is 5.65. The van der Waals surface area contributed by atoms with Crippen LogP contribution in [-0.2, 0) is 13.0 Å². The Bertz CT molecular complexity index is 567. The third kappa shape index (κ3) is 2.62. The van der Waals surface area contributed by atoms with Gasteiger partial charge in [-0.15, -0.1) is 0 Å². The zero-order valence-corrected chi connectivity index (χ0v) is 11.9. The monoisotopic (exact) mass is 267 g/mol. The zero-order valence-electron chi connectivity index (χ0n) is 11.9. The van der Waals surface area contributed by atoms with Gasteiger partial charge in [0.1, 0.15) is 0 Å². The highest BCUT2D eigenvalue weighted by atomic mass is 16.3. The number of aliphatic hydroxyl groups is 1. The number of rotatable bonds is 3. The Labute approximate surface area is 120 Å². The van der Waals surface area contributed by atoms with E-state index in [9.17, 15) is 5.11 Å². The fourth-order valence-electron chi connectivity index (χ4n) is 3.17. The second-order valence-corrected chi connectivity index (χ2v) is 5.65. The maximum Gasteiger partial charge on any atom is 0.0947 e. The van der Waals surface area contributed by atoms with Crippen LogP contribution >= 0.6 is 0 Å². The lowest BCUT2D eigenvalue weighted by atomic mass is 9.85. The van der Waals surface area contributed by atoms with Gasteiger partial charge in [-0.05, 0) is 36.6 Å². The van der Waals surface area contributed by atoms with Crippen molar-refractivity contribution in [1.82, 2.24) is 4.90 Å². The Morgan fingerprint density at radius 1 is 1.05 bits per heavy atom. The van der Waals surface area contributed by atoms with Gasteiger partial charge in [-0.1, -0.05) is 54.6 Å². The molecule has 3 rings (SSSR count). The number of hydrogen-bond donors (Lipinski definition) is 1. The second kappa shape index (κ2) is 5.78. The van der Waals surface area contributed by atoms with Crippen molar-refractivity contribution >= 4 is 0 Å². The minimum Gasteiger partial charge on any atom is -0.387 e. The number of nitrogens with zero attached hydrogens (tertiary/aromatic N) is 1. The molecule has 0 fully saturated rings. The number of likely N-dealkylation sites (N-methyl/N-ethyl adjacent to an activating group) is 1. The normalized spacial score (nSPS) is 21.8. The molecule has 0 bridgehead atoms. The fraction of sp³-hybridized carbons (Fsp3) is 0.333. The molecule has 0 amide bonds. The molecule has 1 N–H and O–H groups in total. The van der Waals surface area contributed by atoms with Gasteiger partial charge in [0.05, 0.1) is 6.10 Å². The Balaban J connectivity index is 1.75. The van der Waals surface area contributed by atoms with E-state index in [1.165, 1.54) is 11.1 Å². The van der Waals surface area contributed by atoms with Crippen molar-refractivity contribution in [2.75, 3.05) is 7.05 Å². The third-order valence-electron chi connectivity index (χ3n) is 4.29. The number of benzene rings is 2. The van der Waals surface area contributed by atoms with Crippen LogP contribution in [0.5, 0.6) is 0 Å². The predicted octanol–water partition coefficient (Wildman–Crippen LogP) is 3.17. The fourth-order valence-corrected chi connectivity index (χ4v) is 3.17. The van der Waals surface area contributed by atoms with Gasteiger partial charge < -0.3 is 5.11 Å². The van der Waals surface area contributed by atoms with E-state index in [1.807, 2.05) is 12.1 Å². The molecule has 0 saturated heterocycles. The quantitative estimate of drug-likeness (QED) is 0.923. The molecule has 2 aromatic carbocycles.